The van der Waals surface area contributed by atoms with Crippen LogP contribution in [0.2, 0.25) is 0 Å². The molecule has 1 rings (SSSR count). The topological polar surface area (TPSA) is 83.6 Å². The summed E-state index contributed by atoms with van der Waals surface area (Å²) in [7, 11) is -4.01. The van der Waals surface area contributed by atoms with Crippen LogP contribution in [0.4, 0.5) is 0 Å². The Balaban J connectivity index is 2.70. The monoisotopic (exact) mass is 221 g/mol. The number of nitrogens with two attached hydrogens (primary N) is 1. The van der Waals surface area contributed by atoms with Gasteiger partial charge in [0.1, 0.15) is 0 Å². The summed E-state index contributed by atoms with van der Waals surface area (Å²) in [6, 6.07) is 0. The molecular formula is C9H20NO3P. The Labute approximate surface area is 85.0 Å². The Kier molecular flexibility index (Phi) is 3.42. The van der Waals surface area contributed by atoms with Crippen molar-refractivity contribution < 1.29 is 14.4 Å². The van der Waals surface area contributed by atoms with E-state index in [1.807, 2.05) is 0 Å². The third-order valence-corrected chi connectivity index (χ3v) is 4.72. The van der Waals surface area contributed by atoms with Gasteiger partial charge in [0.15, 0.2) is 0 Å². The van der Waals surface area contributed by atoms with Crippen molar-refractivity contribution in [2.75, 3.05) is 6.54 Å². The predicted octanol–water partition coefficient (Wildman–Crippen LogP) is 1.32. The van der Waals surface area contributed by atoms with E-state index in [1.165, 1.54) is 0 Å². The van der Waals surface area contributed by atoms with Crippen molar-refractivity contribution in [3.63, 3.8) is 0 Å². The maximum Gasteiger partial charge on any atom is 0.330 e. The molecule has 1 aliphatic rings. The van der Waals surface area contributed by atoms with Gasteiger partial charge in [-0.25, -0.2) is 0 Å². The van der Waals surface area contributed by atoms with Gasteiger partial charge in [-0.15, -0.1) is 0 Å². The first kappa shape index (κ1) is 12.2. The second kappa shape index (κ2) is 3.93. The van der Waals surface area contributed by atoms with Gasteiger partial charge in [0.2, 0.25) is 0 Å². The van der Waals surface area contributed by atoms with Gasteiger partial charge in [-0.05, 0) is 30.6 Å². The Morgan fingerprint density at radius 1 is 1.57 bits per heavy atom. The minimum atomic E-state index is -4.01. The Morgan fingerprint density at radius 2 is 2.14 bits per heavy atom. The number of hydrogen-bond acceptors (Lipinski definition) is 2. The maximum absolute atomic E-state index is 11.2. The molecule has 1 aliphatic carbocycles. The Morgan fingerprint density at radius 3 is 2.43 bits per heavy atom. The standard InChI is InChI=1S/C9H20NO3P/c1-9(2)4-3-7(5-9)8(6-10)14(11,12)13/h7-8H,3-6,10H2,1-2H3,(H2,11,12,13)/t7?,8-/m1/s1. The van der Waals surface area contributed by atoms with E-state index in [0.717, 1.165) is 19.3 Å². The molecule has 84 valence electrons. The van der Waals surface area contributed by atoms with Crippen LogP contribution in [0.15, 0.2) is 0 Å². The molecule has 2 atom stereocenters. The number of rotatable bonds is 3. The summed E-state index contributed by atoms with van der Waals surface area (Å²) in [6.45, 7) is 4.37. The molecule has 1 unspecified atom stereocenters. The lowest BCUT2D eigenvalue weighted by molar-refractivity contribution is 0.316. The molecule has 0 aliphatic heterocycles. The van der Waals surface area contributed by atoms with Crippen LogP contribution in [-0.4, -0.2) is 22.0 Å². The average molecular weight is 221 g/mol. The maximum atomic E-state index is 11.2. The molecule has 1 saturated carbocycles. The molecule has 0 bridgehead atoms. The first-order valence-electron chi connectivity index (χ1n) is 5.01. The molecule has 0 aromatic heterocycles. The fourth-order valence-electron chi connectivity index (χ4n) is 2.42. The van der Waals surface area contributed by atoms with Crippen LogP contribution in [0.3, 0.4) is 0 Å². The third kappa shape index (κ3) is 2.80. The van der Waals surface area contributed by atoms with E-state index in [2.05, 4.69) is 13.8 Å². The van der Waals surface area contributed by atoms with Gasteiger partial charge in [0.25, 0.3) is 0 Å². The summed E-state index contributed by atoms with van der Waals surface area (Å²) in [5, 5.41) is 0. The Bertz CT molecular complexity index is 248. The van der Waals surface area contributed by atoms with E-state index in [-0.39, 0.29) is 17.9 Å². The summed E-state index contributed by atoms with van der Waals surface area (Å²) in [5.74, 6) is 0.0934. The summed E-state index contributed by atoms with van der Waals surface area (Å²) in [6.07, 6.45) is 2.80. The lowest BCUT2D eigenvalue weighted by Gasteiger charge is -2.24. The van der Waals surface area contributed by atoms with Crippen LogP contribution >= 0.6 is 7.60 Å². The zero-order chi connectivity index (χ0) is 11.0. The fourth-order valence-corrected chi connectivity index (χ4v) is 3.50. The fraction of sp³-hybridized carbons (Fsp3) is 1.00. The zero-order valence-electron chi connectivity index (χ0n) is 8.81. The van der Waals surface area contributed by atoms with Gasteiger partial charge in [-0.2, -0.15) is 0 Å². The minimum absolute atomic E-state index is 0.0883. The van der Waals surface area contributed by atoms with Crippen LogP contribution < -0.4 is 5.73 Å². The van der Waals surface area contributed by atoms with Crippen LogP contribution in [0.1, 0.15) is 33.1 Å². The average Bonchev–Trinajstić information content (AvgIpc) is 2.29. The van der Waals surface area contributed by atoms with E-state index in [0.29, 0.717) is 0 Å². The van der Waals surface area contributed by atoms with Crippen molar-refractivity contribution in [3.8, 4) is 0 Å². The smallest absolute Gasteiger partial charge is 0.330 e. The molecule has 0 aromatic rings. The molecule has 0 amide bonds. The highest BCUT2D eigenvalue weighted by atomic mass is 31.2. The summed E-state index contributed by atoms with van der Waals surface area (Å²) in [5.41, 5.74) is 5.02. The van der Waals surface area contributed by atoms with E-state index < -0.39 is 13.3 Å². The molecule has 4 nitrogen and oxygen atoms in total. The van der Waals surface area contributed by atoms with E-state index >= 15 is 0 Å². The van der Waals surface area contributed by atoms with Gasteiger partial charge >= 0.3 is 7.60 Å². The van der Waals surface area contributed by atoms with E-state index in [9.17, 15) is 4.57 Å². The highest BCUT2D eigenvalue weighted by Crippen LogP contribution is 2.52. The van der Waals surface area contributed by atoms with Crippen molar-refractivity contribution in [1.29, 1.82) is 0 Å². The predicted molar refractivity (Wildman–Crippen MR) is 56.0 cm³/mol. The molecule has 0 saturated heterocycles. The van der Waals surface area contributed by atoms with Crippen molar-refractivity contribution in [2.24, 2.45) is 17.1 Å². The minimum Gasteiger partial charge on any atom is -0.330 e. The van der Waals surface area contributed by atoms with Crippen molar-refractivity contribution in [1.82, 2.24) is 0 Å². The zero-order valence-corrected chi connectivity index (χ0v) is 9.70. The van der Waals surface area contributed by atoms with Crippen molar-refractivity contribution in [3.05, 3.63) is 0 Å². The van der Waals surface area contributed by atoms with E-state index in [4.69, 9.17) is 15.5 Å². The SMILES string of the molecule is CC1(C)CCC([C@@H](CN)P(=O)(O)O)C1. The van der Waals surface area contributed by atoms with Crippen LogP contribution in [0.5, 0.6) is 0 Å². The molecule has 4 N–H and O–H groups in total. The Hall–Kier alpha value is 0.110. The normalized spacial score (nSPS) is 29.1. The highest BCUT2D eigenvalue weighted by molar-refractivity contribution is 7.52. The molecule has 0 heterocycles. The van der Waals surface area contributed by atoms with Gasteiger partial charge in [0, 0.05) is 6.54 Å². The molecular weight excluding hydrogens is 201 g/mol. The molecule has 0 spiro atoms. The molecule has 0 radical (unpaired) electrons. The first-order valence-corrected chi connectivity index (χ1v) is 6.70. The lowest BCUT2D eigenvalue weighted by Crippen LogP contribution is -2.28. The molecule has 0 aromatic carbocycles. The number of hydrogen-bond donors (Lipinski definition) is 3. The lowest BCUT2D eigenvalue weighted by atomic mass is 9.90. The van der Waals surface area contributed by atoms with Gasteiger partial charge in [-0.1, -0.05) is 13.8 Å². The van der Waals surface area contributed by atoms with Crippen molar-refractivity contribution in [2.45, 2.75) is 38.8 Å². The summed E-state index contributed by atoms with van der Waals surface area (Å²) < 4.78 is 11.2. The molecule has 5 heteroatoms. The highest BCUT2D eigenvalue weighted by Gasteiger charge is 2.41. The molecule has 1 fully saturated rings. The van der Waals surface area contributed by atoms with Crippen LogP contribution in [0, 0.1) is 11.3 Å². The van der Waals surface area contributed by atoms with Crippen LogP contribution in [-0.2, 0) is 4.57 Å². The summed E-state index contributed by atoms with van der Waals surface area (Å²) >= 11 is 0. The van der Waals surface area contributed by atoms with Crippen LogP contribution in [0.25, 0.3) is 0 Å². The van der Waals surface area contributed by atoms with Gasteiger partial charge in [0.05, 0.1) is 5.66 Å². The largest absolute Gasteiger partial charge is 0.330 e. The van der Waals surface area contributed by atoms with E-state index in [1.54, 1.807) is 0 Å². The second-order valence-corrected chi connectivity index (χ2v) is 6.90. The van der Waals surface area contributed by atoms with Crippen molar-refractivity contribution >= 4 is 7.60 Å². The molecule has 14 heavy (non-hydrogen) atoms. The quantitative estimate of drug-likeness (QED) is 0.627. The summed E-state index contributed by atoms with van der Waals surface area (Å²) in [4.78, 5) is 18.3. The van der Waals surface area contributed by atoms with Gasteiger partial charge in [-0.3, -0.25) is 4.57 Å². The van der Waals surface area contributed by atoms with Gasteiger partial charge < -0.3 is 15.5 Å². The first-order chi connectivity index (χ1) is 6.26. The third-order valence-electron chi connectivity index (χ3n) is 3.22. The second-order valence-electron chi connectivity index (χ2n) is 5.06.